The molecule has 1 aliphatic rings. The third-order valence-electron chi connectivity index (χ3n) is 5.07. The summed E-state index contributed by atoms with van der Waals surface area (Å²) >= 11 is 0. The van der Waals surface area contributed by atoms with Crippen LogP contribution in [0.15, 0.2) is 47.3 Å². The number of nitrogens with zero attached hydrogens (tertiary/aromatic N) is 4. The first-order valence-corrected chi connectivity index (χ1v) is 9.59. The minimum Gasteiger partial charge on any atom is -0.349 e. The zero-order valence-corrected chi connectivity index (χ0v) is 15.9. The van der Waals surface area contributed by atoms with E-state index >= 15 is 0 Å². The molecule has 0 unspecified atom stereocenters. The summed E-state index contributed by atoms with van der Waals surface area (Å²) < 4.78 is 3.02. The normalized spacial score (nSPS) is 13.2. The van der Waals surface area contributed by atoms with Crippen molar-refractivity contribution >= 4 is 5.91 Å². The second-order valence-electron chi connectivity index (χ2n) is 7.05. The summed E-state index contributed by atoms with van der Waals surface area (Å²) in [6.07, 6.45) is 4.07. The Hall–Kier alpha value is -3.22. The van der Waals surface area contributed by atoms with Gasteiger partial charge in [-0.1, -0.05) is 30.3 Å². The van der Waals surface area contributed by atoms with Crippen molar-refractivity contribution in [2.45, 2.75) is 32.2 Å². The molecule has 1 aromatic carbocycles. The maximum absolute atomic E-state index is 12.5. The lowest BCUT2D eigenvalue weighted by Crippen LogP contribution is -2.33. The summed E-state index contributed by atoms with van der Waals surface area (Å²) in [5.41, 5.74) is 4.16. The molecule has 2 heterocycles. The summed E-state index contributed by atoms with van der Waals surface area (Å²) in [6, 6.07) is 13.2. The van der Waals surface area contributed by atoms with E-state index in [0.717, 1.165) is 48.2 Å². The molecule has 28 heavy (non-hydrogen) atoms. The highest BCUT2D eigenvalue weighted by Gasteiger charge is 2.15. The molecular weight excluding hydrogens is 354 g/mol. The minimum absolute atomic E-state index is 0.109. The molecule has 0 atom stereocenters. The lowest BCUT2D eigenvalue weighted by atomic mass is 9.97. The molecule has 7 nitrogen and oxygen atoms in total. The average molecular weight is 377 g/mol. The fraction of sp³-hybridized carbons (Fsp3) is 0.333. The van der Waals surface area contributed by atoms with E-state index in [9.17, 15) is 9.59 Å². The highest BCUT2D eigenvalue weighted by Crippen LogP contribution is 2.18. The zero-order valence-electron chi connectivity index (χ0n) is 15.9. The first kappa shape index (κ1) is 18.2. The van der Waals surface area contributed by atoms with Crippen LogP contribution in [-0.4, -0.2) is 32.0 Å². The number of hydrogen-bond donors (Lipinski definition) is 1. The molecule has 1 aliphatic carbocycles. The van der Waals surface area contributed by atoms with Gasteiger partial charge in [-0.25, -0.2) is 4.68 Å². The summed E-state index contributed by atoms with van der Waals surface area (Å²) in [7, 11) is 1.75. The van der Waals surface area contributed by atoms with Crippen LogP contribution in [0.2, 0.25) is 0 Å². The molecule has 0 aliphatic heterocycles. The van der Waals surface area contributed by atoms with Crippen LogP contribution in [0.3, 0.4) is 0 Å². The van der Waals surface area contributed by atoms with Crippen molar-refractivity contribution in [2.24, 2.45) is 7.05 Å². The molecule has 2 aromatic heterocycles. The number of carbonyl (C=O) groups is 1. The van der Waals surface area contributed by atoms with Gasteiger partial charge in [0.2, 0.25) is 0 Å². The number of rotatable bonds is 5. The van der Waals surface area contributed by atoms with Gasteiger partial charge in [0, 0.05) is 25.2 Å². The van der Waals surface area contributed by atoms with Gasteiger partial charge >= 0.3 is 0 Å². The molecule has 1 amide bonds. The average Bonchev–Trinajstić information content (AvgIpc) is 3.11. The molecule has 0 spiro atoms. The van der Waals surface area contributed by atoms with E-state index in [1.165, 1.54) is 4.68 Å². The highest BCUT2D eigenvalue weighted by atomic mass is 16.2. The topological polar surface area (TPSA) is 81.8 Å². The number of hydrogen-bond acceptors (Lipinski definition) is 4. The molecule has 1 N–H and O–H groups in total. The van der Waals surface area contributed by atoms with E-state index in [0.29, 0.717) is 18.8 Å². The number of aromatic nitrogens is 4. The standard InChI is InChI=1S/C21H23N5O2/c1-25-19(14-18(23-25)15-7-3-2-4-8-15)21(28)22-11-12-26-20(27)13-16-9-5-6-10-17(16)24-26/h2-4,7-8,13-14H,5-6,9-12H2,1H3,(H,22,28). The lowest BCUT2D eigenvalue weighted by Gasteiger charge is -2.16. The van der Waals surface area contributed by atoms with E-state index in [1.54, 1.807) is 23.9 Å². The van der Waals surface area contributed by atoms with E-state index < -0.39 is 0 Å². The summed E-state index contributed by atoms with van der Waals surface area (Å²) in [5, 5.41) is 11.8. The Bertz CT molecular complexity index is 1050. The van der Waals surface area contributed by atoms with Crippen LogP contribution in [0.4, 0.5) is 0 Å². The van der Waals surface area contributed by atoms with Gasteiger partial charge < -0.3 is 5.32 Å². The van der Waals surface area contributed by atoms with Crippen molar-refractivity contribution in [3.63, 3.8) is 0 Å². The first-order valence-electron chi connectivity index (χ1n) is 9.59. The smallest absolute Gasteiger partial charge is 0.269 e. The second kappa shape index (κ2) is 7.80. The monoisotopic (exact) mass is 377 g/mol. The number of fused-ring (bicyclic) bond motifs is 1. The zero-order chi connectivity index (χ0) is 19.5. The van der Waals surface area contributed by atoms with Crippen molar-refractivity contribution in [3.05, 3.63) is 69.8 Å². The number of aryl methyl sites for hydroxylation is 3. The van der Waals surface area contributed by atoms with Crippen LogP contribution in [0.25, 0.3) is 11.3 Å². The largest absolute Gasteiger partial charge is 0.349 e. The summed E-state index contributed by atoms with van der Waals surface area (Å²) in [4.78, 5) is 24.8. The number of carbonyl (C=O) groups excluding carboxylic acids is 1. The van der Waals surface area contributed by atoms with E-state index in [4.69, 9.17) is 0 Å². The third-order valence-corrected chi connectivity index (χ3v) is 5.07. The molecular formula is C21H23N5O2. The van der Waals surface area contributed by atoms with Crippen molar-refractivity contribution in [1.29, 1.82) is 0 Å². The van der Waals surface area contributed by atoms with Gasteiger partial charge in [0.1, 0.15) is 5.69 Å². The minimum atomic E-state index is -0.219. The van der Waals surface area contributed by atoms with E-state index in [2.05, 4.69) is 15.5 Å². The van der Waals surface area contributed by atoms with Crippen molar-refractivity contribution in [1.82, 2.24) is 24.9 Å². The van der Waals surface area contributed by atoms with Crippen LogP contribution in [0, 0.1) is 0 Å². The quantitative estimate of drug-likeness (QED) is 0.737. The summed E-state index contributed by atoms with van der Waals surface area (Å²) in [5.74, 6) is -0.219. The molecule has 0 fully saturated rings. The third kappa shape index (κ3) is 3.74. The molecule has 0 saturated carbocycles. The molecule has 4 rings (SSSR count). The number of nitrogens with one attached hydrogen (secondary N) is 1. The predicted molar refractivity (Wildman–Crippen MR) is 106 cm³/mol. The van der Waals surface area contributed by atoms with Crippen LogP contribution in [-0.2, 0) is 26.4 Å². The highest BCUT2D eigenvalue weighted by molar-refractivity contribution is 5.93. The molecule has 0 bridgehead atoms. The Morgan fingerprint density at radius 1 is 1.11 bits per heavy atom. The first-order chi connectivity index (χ1) is 13.6. The van der Waals surface area contributed by atoms with Crippen LogP contribution >= 0.6 is 0 Å². The SMILES string of the molecule is Cn1nc(-c2ccccc2)cc1C(=O)NCCn1nc2c(cc1=O)CCCC2. The lowest BCUT2D eigenvalue weighted by molar-refractivity contribution is 0.0942. The summed E-state index contributed by atoms with van der Waals surface area (Å²) in [6.45, 7) is 0.678. The Balaban J connectivity index is 1.41. The molecule has 144 valence electrons. The molecule has 7 heteroatoms. The van der Waals surface area contributed by atoms with Gasteiger partial charge in [0.15, 0.2) is 0 Å². The second-order valence-corrected chi connectivity index (χ2v) is 7.05. The van der Waals surface area contributed by atoms with Crippen molar-refractivity contribution in [3.8, 4) is 11.3 Å². The Kier molecular flexibility index (Phi) is 5.06. The van der Waals surface area contributed by atoms with Gasteiger partial charge in [-0.05, 0) is 37.3 Å². The Morgan fingerprint density at radius 2 is 1.89 bits per heavy atom. The van der Waals surface area contributed by atoms with Crippen LogP contribution in [0.1, 0.15) is 34.6 Å². The van der Waals surface area contributed by atoms with Gasteiger partial charge in [0.25, 0.3) is 11.5 Å². The Labute approximate surface area is 163 Å². The van der Waals surface area contributed by atoms with Crippen LogP contribution in [0.5, 0.6) is 0 Å². The van der Waals surface area contributed by atoms with Gasteiger partial charge in [-0.15, -0.1) is 0 Å². The van der Waals surface area contributed by atoms with Gasteiger partial charge in [0.05, 0.1) is 17.9 Å². The van der Waals surface area contributed by atoms with Crippen LogP contribution < -0.4 is 10.9 Å². The van der Waals surface area contributed by atoms with E-state index in [-0.39, 0.29) is 11.5 Å². The number of amides is 1. The van der Waals surface area contributed by atoms with Gasteiger partial charge in [-0.2, -0.15) is 10.2 Å². The van der Waals surface area contributed by atoms with Crippen molar-refractivity contribution < 1.29 is 4.79 Å². The van der Waals surface area contributed by atoms with Gasteiger partial charge in [-0.3, -0.25) is 14.3 Å². The van der Waals surface area contributed by atoms with Crippen molar-refractivity contribution in [2.75, 3.05) is 6.54 Å². The molecule has 0 radical (unpaired) electrons. The maximum Gasteiger partial charge on any atom is 0.269 e. The Morgan fingerprint density at radius 3 is 2.71 bits per heavy atom. The fourth-order valence-electron chi connectivity index (χ4n) is 3.56. The fourth-order valence-corrected chi connectivity index (χ4v) is 3.56. The molecule has 0 saturated heterocycles. The number of benzene rings is 1. The predicted octanol–water partition coefficient (Wildman–Crippen LogP) is 1.95. The molecule has 3 aromatic rings. The maximum atomic E-state index is 12.5. The van der Waals surface area contributed by atoms with E-state index in [1.807, 2.05) is 30.3 Å².